The minimum absolute atomic E-state index is 0.362. The van der Waals surface area contributed by atoms with E-state index >= 15 is 0 Å². The molecule has 0 saturated heterocycles. The number of hydrogen-bond donors (Lipinski definition) is 1. The predicted octanol–water partition coefficient (Wildman–Crippen LogP) is 5.92. The molecule has 1 aromatic heterocycles. The van der Waals surface area contributed by atoms with Gasteiger partial charge in [-0.05, 0) is 37.3 Å². The van der Waals surface area contributed by atoms with Crippen molar-refractivity contribution in [2.45, 2.75) is 6.92 Å². The molecule has 0 aliphatic carbocycles. The van der Waals surface area contributed by atoms with Crippen molar-refractivity contribution in [2.24, 2.45) is 4.99 Å². The summed E-state index contributed by atoms with van der Waals surface area (Å²) in [6, 6.07) is 8.72. The largest absolute Gasteiger partial charge is 0.340 e. The molecule has 136 valence electrons. The van der Waals surface area contributed by atoms with E-state index in [9.17, 15) is 8.78 Å². The minimum atomic E-state index is -0.948. The normalized spacial score (nSPS) is 11.9. The maximum Gasteiger partial charge on any atom is 0.160 e. The first-order valence-electron chi connectivity index (χ1n) is 7.98. The zero-order valence-electron chi connectivity index (χ0n) is 14.4. The van der Waals surface area contributed by atoms with Gasteiger partial charge in [0.25, 0.3) is 0 Å². The summed E-state index contributed by atoms with van der Waals surface area (Å²) in [5.41, 5.74) is 1.68. The molecule has 3 rings (SSSR count). The van der Waals surface area contributed by atoms with E-state index in [1.54, 1.807) is 36.7 Å². The summed E-state index contributed by atoms with van der Waals surface area (Å²) in [4.78, 5) is 13.1. The van der Waals surface area contributed by atoms with Gasteiger partial charge in [0.15, 0.2) is 17.5 Å². The molecule has 0 aliphatic rings. The van der Waals surface area contributed by atoms with Gasteiger partial charge in [-0.2, -0.15) is 0 Å². The number of hydrogen-bond acceptors (Lipinski definition) is 4. The number of aromatic nitrogens is 2. The number of nitrogens with zero attached hydrogens (tertiary/aromatic N) is 3. The molecule has 0 atom stereocenters. The third-order valence-electron chi connectivity index (χ3n) is 3.65. The molecule has 3 aromatic rings. The van der Waals surface area contributed by atoms with Crippen LogP contribution in [0.2, 0.25) is 5.02 Å². The van der Waals surface area contributed by atoms with E-state index in [1.807, 2.05) is 6.92 Å². The van der Waals surface area contributed by atoms with Crippen LogP contribution in [0, 0.1) is 11.6 Å². The fraction of sp³-hybridized carbons (Fsp3) is 0.0500. The number of anilines is 2. The monoisotopic (exact) mass is 384 g/mol. The average Bonchev–Trinajstić information content (AvgIpc) is 2.64. The number of nitrogens with one attached hydrogen (secondary N) is 1. The SMILES string of the molecule is C=CC=N/C=C(\C)c1nc(Nc2ccc(F)c(F)c2)c2ccc(Cl)cc2n1. The topological polar surface area (TPSA) is 50.2 Å². The second kappa shape index (κ2) is 8.05. The van der Waals surface area contributed by atoms with Crippen LogP contribution in [0.5, 0.6) is 0 Å². The molecule has 0 saturated carbocycles. The number of halogens is 3. The fourth-order valence-corrected chi connectivity index (χ4v) is 2.52. The van der Waals surface area contributed by atoms with Crippen molar-refractivity contribution in [1.29, 1.82) is 0 Å². The smallest absolute Gasteiger partial charge is 0.160 e. The number of aliphatic imine (C=N–C) groups is 1. The average molecular weight is 385 g/mol. The first kappa shape index (κ1) is 18.7. The van der Waals surface area contributed by atoms with Gasteiger partial charge in [0.1, 0.15) is 5.82 Å². The van der Waals surface area contributed by atoms with Crippen LogP contribution in [-0.2, 0) is 0 Å². The van der Waals surface area contributed by atoms with Crippen LogP contribution in [0.4, 0.5) is 20.3 Å². The van der Waals surface area contributed by atoms with E-state index < -0.39 is 11.6 Å². The van der Waals surface area contributed by atoms with Gasteiger partial charge in [0.2, 0.25) is 0 Å². The fourth-order valence-electron chi connectivity index (χ4n) is 2.36. The molecule has 4 nitrogen and oxygen atoms in total. The maximum atomic E-state index is 13.5. The molecule has 1 N–H and O–H groups in total. The molecular formula is C20H15ClF2N4. The first-order chi connectivity index (χ1) is 13.0. The third kappa shape index (κ3) is 4.35. The highest BCUT2D eigenvalue weighted by Crippen LogP contribution is 2.28. The van der Waals surface area contributed by atoms with Crippen molar-refractivity contribution in [1.82, 2.24) is 9.97 Å². The van der Waals surface area contributed by atoms with E-state index in [2.05, 4.69) is 26.9 Å². The van der Waals surface area contributed by atoms with Gasteiger partial charge in [-0.3, -0.25) is 4.99 Å². The Morgan fingerprint density at radius 1 is 1.15 bits per heavy atom. The van der Waals surface area contributed by atoms with E-state index in [0.717, 1.165) is 12.1 Å². The second-order valence-electron chi connectivity index (χ2n) is 5.66. The molecule has 0 fully saturated rings. The Bertz CT molecular complexity index is 1080. The van der Waals surface area contributed by atoms with Gasteiger partial charge in [0.05, 0.1) is 5.52 Å². The molecule has 0 bridgehead atoms. The highest BCUT2D eigenvalue weighted by atomic mass is 35.5. The van der Waals surface area contributed by atoms with Crippen molar-refractivity contribution in [2.75, 3.05) is 5.32 Å². The van der Waals surface area contributed by atoms with Crippen LogP contribution >= 0.6 is 11.6 Å². The van der Waals surface area contributed by atoms with Crippen LogP contribution in [0.3, 0.4) is 0 Å². The van der Waals surface area contributed by atoms with E-state index in [1.165, 1.54) is 6.07 Å². The molecule has 0 aliphatic heterocycles. The molecular weight excluding hydrogens is 370 g/mol. The summed E-state index contributed by atoms with van der Waals surface area (Å²) in [7, 11) is 0. The summed E-state index contributed by atoms with van der Waals surface area (Å²) in [5, 5.41) is 4.23. The van der Waals surface area contributed by atoms with Crippen LogP contribution in [-0.4, -0.2) is 16.2 Å². The highest BCUT2D eigenvalue weighted by molar-refractivity contribution is 6.31. The summed E-state index contributed by atoms with van der Waals surface area (Å²) in [6.07, 6.45) is 4.71. The molecule has 27 heavy (non-hydrogen) atoms. The molecule has 2 aromatic carbocycles. The summed E-state index contributed by atoms with van der Waals surface area (Å²) < 4.78 is 26.7. The number of allylic oxidation sites excluding steroid dienone is 2. The van der Waals surface area contributed by atoms with E-state index in [0.29, 0.717) is 38.8 Å². The Kier molecular flexibility index (Phi) is 5.57. The number of benzene rings is 2. The van der Waals surface area contributed by atoms with Crippen molar-refractivity contribution >= 4 is 45.8 Å². The molecule has 0 unspecified atom stereocenters. The Labute approximate surface area is 159 Å². The number of rotatable bonds is 5. The third-order valence-corrected chi connectivity index (χ3v) is 3.89. The van der Waals surface area contributed by atoms with E-state index in [-0.39, 0.29) is 0 Å². The zero-order valence-corrected chi connectivity index (χ0v) is 15.1. The first-order valence-corrected chi connectivity index (χ1v) is 8.36. The maximum absolute atomic E-state index is 13.5. The lowest BCUT2D eigenvalue weighted by atomic mass is 10.2. The lowest BCUT2D eigenvalue weighted by Gasteiger charge is -2.11. The van der Waals surface area contributed by atoms with Gasteiger partial charge in [-0.15, -0.1) is 0 Å². The summed E-state index contributed by atoms with van der Waals surface area (Å²) in [6.45, 7) is 5.38. The Morgan fingerprint density at radius 2 is 1.96 bits per heavy atom. The standard InChI is InChI=1S/C20H15ClF2N4/c1-3-8-24-11-12(2)19-26-18-9-13(21)4-6-15(18)20(27-19)25-14-5-7-16(22)17(23)10-14/h3-11H,1H2,2H3,(H,25,26,27)/b12-11+,24-8?. The molecule has 1 heterocycles. The molecule has 0 spiro atoms. The van der Waals surface area contributed by atoms with Crippen molar-refractivity contribution in [3.63, 3.8) is 0 Å². The van der Waals surface area contributed by atoms with Crippen LogP contribution < -0.4 is 5.32 Å². The lowest BCUT2D eigenvalue weighted by molar-refractivity contribution is 0.509. The zero-order chi connectivity index (χ0) is 19.4. The van der Waals surface area contributed by atoms with E-state index in [4.69, 9.17) is 11.6 Å². The Morgan fingerprint density at radius 3 is 2.70 bits per heavy atom. The van der Waals surface area contributed by atoms with Gasteiger partial charge < -0.3 is 5.32 Å². The van der Waals surface area contributed by atoms with Gasteiger partial charge in [-0.25, -0.2) is 18.7 Å². The van der Waals surface area contributed by atoms with Crippen LogP contribution in [0.1, 0.15) is 12.7 Å². The highest BCUT2D eigenvalue weighted by Gasteiger charge is 2.11. The van der Waals surface area contributed by atoms with Crippen molar-refractivity contribution < 1.29 is 8.78 Å². The van der Waals surface area contributed by atoms with Gasteiger partial charge in [0, 0.05) is 40.2 Å². The Hall–Kier alpha value is -3.12. The van der Waals surface area contributed by atoms with Gasteiger partial charge >= 0.3 is 0 Å². The number of fused-ring (bicyclic) bond motifs is 1. The molecule has 0 amide bonds. The lowest BCUT2D eigenvalue weighted by Crippen LogP contribution is -2.01. The van der Waals surface area contributed by atoms with Gasteiger partial charge in [-0.1, -0.05) is 24.3 Å². The summed E-state index contributed by atoms with van der Waals surface area (Å²) >= 11 is 6.08. The second-order valence-corrected chi connectivity index (χ2v) is 6.09. The molecule has 0 radical (unpaired) electrons. The summed E-state index contributed by atoms with van der Waals surface area (Å²) in [5.74, 6) is -0.995. The Balaban J connectivity index is 2.11. The van der Waals surface area contributed by atoms with Crippen LogP contribution in [0.15, 0.2) is 60.2 Å². The predicted molar refractivity (Wildman–Crippen MR) is 107 cm³/mol. The van der Waals surface area contributed by atoms with Crippen LogP contribution in [0.25, 0.3) is 16.5 Å². The minimum Gasteiger partial charge on any atom is -0.340 e. The van der Waals surface area contributed by atoms with Crippen molar-refractivity contribution in [3.05, 3.63) is 77.7 Å². The quantitative estimate of drug-likeness (QED) is 0.555. The molecule has 7 heteroatoms. The van der Waals surface area contributed by atoms with Crippen molar-refractivity contribution in [3.8, 4) is 0 Å².